The first-order valence-corrected chi connectivity index (χ1v) is 12.2. The Morgan fingerprint density at radius 3 is 2.42 bits per heavy atom. The summed E-state index contributed by atoms with van der Waals surface area (Å²) >= 11 is 0. The highest BCUT2D eigenvalue weighted by atomic mass is 16.5. The van der Waals surface area contributed by atoms with Crippen molar-refractivity contribution in [3.8, 4) is 17.3 Å². The Balaban J connectivity index is 1.74. The number of rotatable bonds is 3. The second-order valence-corrected chi connectivity index (χ2v) is 9.65. The van der Waals surface area contributed by atoms with E-state index in [0.29, 0.717) is 17.9 Å². The largest absolute Gasteiger partial charge is 0.465 e. The molecule has 1 aliphatic carbocycles. The van der Waals surface area contributed by atoms with E-state index in [1.807, 2.05) is 86.8 Å². The molecule has 4 aromatic rings. The minimum atomic E-state index is -1.58. The molecule has 3 atom stereocenters. The van der Waals surface area contributed by atoms with E-state index < -0.39 is 22.8 Å². The Labute approximate surface area is 210 Å². The van der Waals surface area contributed by atoms with Crippen molar-refractivity contribution in [3.05, 3.63) is 95.2 Å². The average molecular weight is 475 g/mol. The third-order valence-corrected chi connectivity index (χ3v) is 7.86. The summed E-state index contributed by atoms with van der Waals surface area (Å²) in [5.41, 5.74) is 3.92. The molecule has 1 aliphatic heterocycles. The highest BCUT2D eigenvalue weighted by Crippen LogP contribution is 2.66. The maximum absolute atomic E-state index is 14.1. The molecule has 1 aromatic heterocycles. The molecular weight excluding hydrogens is 448 g/mol. The fourth-order valence-electron chi connectivity index (χ4n) is 6.35. The van der Waals surface area contributed by atoms with Crippen molar-refractivity contribution in [3.63, 3.8) is 0 Å². The topological polar surface area (TPSA) is 79.1 Å². The quantitative estimate of drug-likeness (QED) is 0.390. The third kappa shape index (κ3) is 2.66. The van der Waals surface area contributed by atoms with Crippen LogP contribution >= 0.6 is 0 Å². The van der Waals surface area contributed by atoms with E-state index in [1.54, 1.807) is 6.92 Å². The zero-order valence-electron chi connectivity index (χ0n) is 20.5. The van der Waals surface area contributed by atoms with E-state index in [0.717, 1.165) is 33.3 Å². The normalized spacial score (nSPS) is 24.4. The lowest BCUT2D eigenvalue weighted by molar-refractivity contribution is -0.156. The second kappa shape index (κ2) is 7.97. The van der Waals surface area contributed by atoms with E-state index in [2.05, 4.69) is 11.0 Å². The summed E-state index contributed by atoms with van der Waals surface area (Å²) in [5.74, 6) is -0.959. The van der Waals surface area contributed by atoms with Gasteiger partial charge in [-0.05, 0) is 44.2 Å². The van der Waals surface area contributed by atoms with E-state index in [-0.39, 0.29) is 6.61 Å². The molecule has 36 heavy (non-hydrogen) atoms. The van der Waals surface area contributed by atoms with Crippen molar-refractivity contribution in [2.45, 2.75) is 25.3 Å². The first-order valence-electron chi connectivity index (χ1n) is 12.2. The lowest BCUT2D eigenvalue weighted by Crippen LogP contribution is -2.55. The standard InChI is InChI=1S/C30H26N4O2/c1-4-36-28(35)29(18-31)23(20-15-13-19(2)14-16-20)17-34(3)30(29)22-10-6-5-9-21(22)26-27(30)33-25-12-8-7-11-24(25)32-26/h5-16,23H,4,17H2,1-3H3/t23-,29+,30-/m1/s1. The van der Waals surface area contributed by atoms with Gasteiger partial charge in [-0.1, -0.05) is 66.2 Å². The molecule has 0 saturated carbocycles. The molecule has 0 bridgehead atoms. The molecule has 6 rings (SSSR count). The maximum Gasteiger partial charge on any atom is 0.329 e. The number of fused-ring (bicyclic) bond motifs is 6. The first-order chi connectivity index (χ1) is 17.5. The van der Waals surface area contributed by atoms with Gasteiger partial charge >= 0.3 is 5.97 Å². The highest BCUT2D eigenvalue weighted by Gasteiger charge is 2.74. The number of likely N-dealkylation sites (tertiary alicyclic amines) is 1. The van der Waals surface area contributed by atoms with Crippen LogP contribution < -0.4 is 0 Å². The monoisotopic (exact) mass is 474 g/mol. The molecule has 0 unspecified atom stereocenters. The van der Waals surface area contributed by atoms with Crippen molar-refractivity contribution in [1.29, 1.82) is 5.26 Å². The number of nitriles is 1. The van der Waals surface area contributed by atoms with Gasteiger partial charge in [0.05, 0.1) is 35.1 Å². The predicted molar refractivity (Wildman–Crippen MR) is 137 cm³/mol. The molecule has 1 spiro atoms. The molecule has 1 saturated heterocycles. The number of esters is 1. The van der Waals surface area contributed by atoms with Gasteiger partial charge in [-0.2, -0.15) is 5.26 Å². The summed E-state index contributed by atoms with van der Waals surface area (Å²) in [6.07, 6.45) is 0. The average Bonchev–Trinajstić information content (AvgIpc) is 3.34. The Hall–Kier alpha value is -4.08. The lowest BCUT2D eigenvalue weighted by Gasteiger charge is -2.42. The van der Waals surface area contributed by atoms with Crippen LogP contribution in [0, 0.1) is 23.7 Å². The van der Waals surface area contributed by atoms with E-state index >= 15 is 0 Å². The van der Waals surface area contributed by atoms with Crippen LogP contribution in [0.5, 0.6) is 0 Å². The number of carbonyl (C=O) groups is 1. The summed E-state index contributed by atoms with van der Waals surface area (Å²) in [6.45, 7) is 4.47. The zero-order valence-corrected chi connectivity index (χ0v) is 20.5. The number of hydrogen-bond donors (Lipinski definition) is 0. The van der Waals surface area contributed by atoms with Crippen LogP contribution in [0.1, 0.15) is 35.2 Å². The number of aryl methyl sites for hydroxylation is 1. The van der Waals surface area contributed by atoms with Crippen molar-refractivity contribution < 1.29 is 9.53 Å². The van der Waals surface area contributed by atoms with Gasteiger partial charge in [-0.25, -0.2) is 9.97 Å². The van der Waals surface area contributed by atoms with Gasteiger partial charge in [-0.3, -0.25) is 9.69 Å². The molecule has 2 aliphatic rings. The molecule has 178 valence electrons. The number of hydrogen-bond acceptors (Lipinski definition) is 6. The number of aromatic nitrogens is 2. The third-order valence-electron chi connectivity index (χ3n) is 7.86. The number of benzene rings is 3. The Kier molecular flexibility index (Phi) is 4.96. The van der Waals surface area contributed by atoms with Crippen LogP contribution in [0.2, 0.25) is 0 Å². The number of ether oxygens (including phenoxy) is 1. The zero-order chi connectivity index (χ0) is 25.1. The van der Waals surface area contributed by atoms with Crippen LogP contribution in [0.3, 0.4) is 0 Å². The van der Waals surface area contributed by atoms with Crippen LogP contribution in [0.4, 0.5) is 0 Å². The molecular formula is C30H26N4O2. The molecule has 0 N–H and O–H groups in total. The number of carbonyl (C=O) groups excluding carboxylic acids is 1. The number of nitrogens with zero attached hydrogens (tertiary/aromatic N) is 4. The summed E-state index contributed by atoms with van der Waals surface area (Å²) in [5, 5.41) is 11.1. The SMILES string of the molecule is CCOC(=O)[C@]1(C#N)[C@@H](c2ccc(C)cc2)CN(C)[C@@]12c1ccccc1-c1nc3ccccc3nc12. The van der Waals surface area contributed by atoms with Crippen LogP contribution in [-0.4, -0.2) is 41.0 Å². The van der Waals surface area contributed by atoms with Crippen molar-refractivity contribution >= 4 is 17.0 Å². The van der Waals surface area contributed by atoms with Gasteiger partial charge in [0.15, 0.2) is 5.41 Å². The van der Waals surface area contributed by atoms with Crippen molar-refractivity contribution in [2.75, 3.05) is 20.2 Å². The van der Waals surface area contributed by atoms with E-state index in [9.17, 15) is 10.1 Å². The molecule has 6 heteroatoms. The smallest absolute Gasteiger partial charge is 0.329 e. The van der Waals surface area contributed by atoms with Gasteiger partial charge in [0.25, 0.3) is 0 Å². The Bertz CT molecular complexity index is 1560. The van der Waals surface area contributed by atoms with Crippen molar-refractivity contribution in [2.24, 2.45) is 5.41 Å². The lowest BCUT2D eigenvalue weighted by atomic mass is 9.61. The predicted octanol–water partition coefficient (Wildman–Crippen LogP) is 4.96. The van der Waals surface area contributed by atoms with Crippen LogP contribution in [-0.2, 0) is 15.1 Å². The Morgan fingerprint density at radius 1 is 1.06 bits per heavy atom. The summed E-state index contributed by atoms with van der Waals surface area (Å²) in [7, 11) is 1.97. The fraction of sp³-hybridized carbons (Fsp3) is 0.267. The van der Waals surface area contributed by atoms with Crippen LogP contribution in [0.15, 0.2) is 72.8 Å². The molecule has 2 heterocycles. The fourth-order valence-corrected chi connectivity index (χ4v) is 6.35. The number of para-hydroxylation sites is 2. The Morgan fingerprint density at radius 2 is 1.72 bits per heavy atom. The molecule has 0 radical (unpaired) electrons. The second-order valence-electron chi connectivity index (χ2n) is 9.65. The highest BCUT2D eigenvalue weighted by molar-refractivity contribution is 5.92. The first kappa shape index (κ1) is 22.4. The van der Waals surface area contributed by atoms with Gasteiger partial charge in [0.2, 0.25) is 0 Å². The molecule has 3 aromatic carbocycles. The maximum atomic E-state index is 14.1. The minimum absolute atomic E-state index is 0.181. The van der Waals surface area contributed by atoms with Crippen molar-refractivity contribution in [1.82, 2.24) is 14.9 Å². The van der Waals surface area contributed by atoms with E-state index in [4.69, 9.17) is 14.7 Å². The summed E-state index contributed by atoms with van der Waals surface area (Å²) in [4.78, 5) is 26.4. The van der Waals surface area contributed by atoms with Gasteiger partial charge in [0.1, 0.15) is 5.54 Å². The van der Waals surface area contributed by atoms with Gasteiger partial charge in [-0.15, -0.1) is 0 Å². The van der Waals surface area contributed by atoms with Gasteiger partial charge < -0.3 is 4.74 Å². The molecule has 0 amide bonds. The molecule has 1 fully saturated rings. The van der Waals surface area contributed by atoms with Crippen LogP contribution in [0.25, 0.3) is 22.3 Å². The molecule has 6 nitrogen and oxygen atoms in total. The summed E-state index contributed by atoms with van der Waals surface area (Å²) in [6, 6.07) is 26.3. The number of likely N-dealkylation sites (N-methyl/N-ethyl adjacent to an activating group) is 1. The van der Waals surface area contributed by atoms with Gasteiger partial charge in [0, 0.05) is 18.0 Å². The van der Waals surface area contributed by atoms with E-state index in [1.165, 1.54) is 0 Å². The summed E-state index contributed by atoms with van der Waals surface area (Å²) < 4.78 is 5.71. The minimum Gasteiger partial charge on any atom is -0.465 e.